The number of aliphatic hydroxyl groups is 4. The van der Waals surface area contributed by atoms with Crippen LogP contribution >= 0.6 is 0 Å². The van der Waals surface area contributed by atoms with Crippen LogP contribution in [0.1, 0.15) is 27.7 Å². The van der Waals surface area contributed by atoms with Gasteiger partial charge < -0.3 is 29.9 Å². The fraction of sp³-hybridized carbons (Fsp3) is 0.750. The second-order valence-electron chi connectivity index (χ2n) is 6.52. The summed E-state index contributed by atoms with van der Waals surface area (Å²) >= 11 is 0. The van der Waals surface area contributed by atoms with E-state index in [9.17, 15) is 20.4 Å². The monoisotopic (exact) mass is 316 g/mol. The number of aliphatic hydroxyl groups excluding tert-OH is 4. The van der Waals surface area contributed by atoms with Crippen LogP contribution in [0.15, 0.2) is 24.3 Å². The molecule has 0 aromatic rings. The average molecular weight is 316 g/mol. The molecule has 6 heteroatoms. The Hall–Kier alpha value is -0.760. The van der Waals surface area contributed by atoms with E-state index in [1.54, 1.807) is 6.08 Å². The molecular weight excluding hydrogens is 288 g/mol. The van der Waals surface area contributed by atoms with Crippen LogP contribution < -0.4 is 0 Å². The Bertz CT molecular complexity index is 399. The van der Waals surface area contributed by atoms with E-state index in [2.05, 4.69) is 6.58 Å². The molecule has 0 saturated carbocycles. The van der Waals surface area contributed by atoms with Crippen LogP contribution in [0.2, 0.25) is 0 Å². The third-order valence-corrected chi connectivity index (χ3v) is 3.87. The summed E-state index contributed by atoms with van der Waals surface area (Å²) in [6.45, 7) is 11.0. The molecule has 1 aliphatic rings. The number of hydrogen-bond donors (Lipinski definition) is 4. The molecule has 6 atom stereocenters. The topological polar surface area (TPSA) is 99.4 Å². The second-order valence-corrected chi connectivity index (χ2v) is 6.52. The van der Waals surface area contributed by atoms with E-state index in [0.29, 0.717) is 0 Å². The third-order valence-electron chi connectivity index (χ3n) is 3.87. The van der Waals surface area contributed by atoms with Crippen LogP contribution in [-0.2, 0) is 9.47 Å². The Labute approximate surface area is 131 Å². The zero-order valence-corrected chi connectivity index (χ0v) is 13.6. The molecule has 0 spiro atoms. The Morgan fingerprint density at radius 2 is 1.82 bits per heavy atom. The van der Waals surface area contributed by atoms with Gasteiger partial charge >= 0.3 is 0 Å². The van der Waals surface area contributed by atoms with Crippen molar-refractivity contribution in [3.05, 3.63) is 24.3 Å². The maximum absolute atomic E-state index is 10.1. The molecule has 0 aliphatic carbocycles. The van der Waals surface area contributed by atoms with Crippen molar-refractivity contribution < 1.29 is 29.9 Å². The number of allylic oxidation sites excluding steroid dienone is 1. The Morgan fingerprint density at radius 1 is 1.23 bits per heavy atom. The van der Waals surface area contributed by atoms with Gasteiger partial charge in [-0.25, -0.2) is 0 Å². The van der Waals surface area contributed by atoms with Gasteiger partial charge in [-0.3, -0.25) is 0 Å². The fourth-order valence-electron chi connectivity index (χ4n) is 2.17. The van der Waals surface area contributed by atoms with Crippen LogP contribution in [0.25, 0.3) is 0 Å². The predicted octanol–water partition coefficient (Wildman–Crippen LogP) is 0.350. The highest BCUT2D eigenvalue weighted by Gasteiger charge is 2.45. The van der Waals surface area contributed by atoms with Crippen molar-refractivity contribution >= 4 is 0 Å². The zero-order valence-electron chi connectivity index (χ0n) is 13.6. The largest absolute Gasteiger partial charge is 0.394 e. The molecule has 0 radical (unpaired) electrons. The van der Waals surface area contributed by atoms with E-state index in [1.165, 1.54) is 0 Å². The third kappa shape index (κ3) is 4.38. The minimum Gasteiger partial charge on any atom is -0.394 e. The maximum Gasteiger partial charge on any atom is 0.187 e. The molecule has 0 amide bonds. The molecule has 1 saturated heterocycles. The van der Waals surface area contributed by atoms with E-state index in [0.717, 1.165) is 5.57 Å². The van der Waals surface area contributed by atoms with Crippen molar-refractivity contribution in [1.29, 1.82) is 0 Å². The standard InChI is InChI=1S/C16H28O6/c1-6-16(4,5)11(7-9(2)3)22-15-14(20)13(19)12(18)10(8-17)21-15/h6-7,10-15,17-20H,1,8H2,2-5H3. The summed E-state index contributed by atoms with van der Waals surface area (Å²) in [6.07, 6.45) is -3.23. The summed E-state index contributed by atoms with van der Waals surface area (Å²) in [5, 5.41) is 38.9. The minimum atomic E-state index is -1.45. The van der Waals surface area contributed by atoms with E-state index in [4.69, 9.17) is 9.47 Å². The summed E-state index contributed by atoms with van der Waals surface area (Å²) in [5.41, 5.74) is 0.584. The van der Waals surface area contributed by atoms with Gasteiger partial charge in [-0.2, -0.15) is 0 Å². The first kappa shape index (κ1) is 19.3. The highest BCUT2D eigenvalue weighted by molar-refractivity contribution is 5.08. The molecule has 22 heavy (non-hydrogen) atoms. The van der Waals surface area contributed by atoms with E-state index in [-0.39, 0.29) is 0 Å². The van der Waals surface area contributed by atoms with Gasteiger partial charge in [-0.05, 0) is 13.8 Å². The summed E-state index contributed by atoms with van der Waals surface area (Å²) < 4.78 is 11.2. The van der Waals surface area contributed by atoms with Gasteiger partial charge in [0, 0.05) is 5.41 Å². The van der Waals surface area contributed by atoms with Crippen molar-refractivity contribution in [2.24, 2.45) is 5.41 Å². The lowest BCUT2D eigenvalue weighted by Gasteiger charge is -2.42. The normalized spacial score (nSPS) is 34.1. The smallest absolute Gasteiger partial charge is 0.187 e. The van der Waals surface area contributed by atoms with Crippen LogP contribution in [0.4, 0.5) is 0 Å². The molecule has 1 heterocycles. The van der Waals surface area contributed by atoms with Crippen LogP contribution in [-0.4, -0.2) is 63.8 Å². The second kappa shape index (κ2) is 7.68. The molecule has 1 aliphatic heterocycles. The summed E-state index contributed by atoms with van der Waals surface area (Å²) in [4.78, 5) is 0. The SMILES string of the molecule is C=CC(C)(C)C(C=C(C)C)OC1OC(CO)C(O)C(O)C1O. The molecule has 0 bridgehead atoms. The highest BCUT2D eigenvalue weighted by atomic mass is 16.7. The summed E-state index contributed by atoms with van der Waals surface area (Å²) in [7, 11) is 0. The van der Waals surface area contributed by atoms with Gasteiger partial charge in [0.25, 0.3) is 0 Å². The number of hydrogen-bond acceptors (Lipinski definition) is 6. The first-order valence-corrected chi connectivity index (χ1v) is 7.38. The minimum absolute atomic E-state index is 0.434. The van der Waals surface area contributed by atoms with Crippen molar-refractivity contribution in [3.8, 4) is 0 Å². The van der Waals surface area contributed by atoms with Gasteiger partial charge in [-0.15, -0.1) is 6.58 Å². The molecule has 1 fully saturated rings. The number of ether oxygens (including phenoxy) is 2. The van der Waals surface area contributed by atoms with Crippen LogP contribution in [0.3, 0.4) is 0 Å². The van der Waals surface area contributed by atoms with Gasteiger partial charge in [0.2, 0.25) is 0 Å². The fourth-order valence-corrected chi connectivity index (χ4v) is 2.17. The predicted molar refractivity (Wildman–Crippen MR) is 82.0 cm³/mol. The molecular formula is C16H28O6. The maximum atomic E-state index is 10.1. The first-order chi connectivity index (χ1) is 10.1. The molecule has 0 aromatic carbocycles. The average Bonchev–Trinajstić information content (AvgIpc) is 2.46. The molecule has 4 N–H and O–H groups in total. The Balaban J connectivity index is 2.97. The lowest BCUT2D eigenvalue weighted by molar-refractivity contribution is -0.312. The van der Waals surface area contributed by atoms with Crippen LogP contribution in [0, 0.1) is 5.41 Å². The van der Waals surface area contributed by atoms with E-state index in [1.807, 2.05) is 33.8 Å². The molecule has 6 unspecified atom stereocenters. The zero-order chi connectivity index (χ0) is 17.1. The lowest BCUT2D eigenvalue weighted by atomic mass is 9.85. The summed E-state index contributed by atoms with van der Waals surface area (Å²) in [6, 6.07) is 0. The lowest BCUT2D eigenvalue weighted by Crippen LogP contribution is -2.60. The first-order valence-electron chi connectivity index (χ1n) is 7.38. The number of rotatable bonds is 6. The Kier molecular flexibility index (Phi) is 6.73. The van der Waals surface area contributed by atoms with E-state index >= 15 is 0 Å². The van der Waals surface area contributed by atoms with Crippen molar-refractivity contribution in [1.82, 2.24) is 0 Å². The van der Waals surface area contributed by atoms with Crippen molar-refractivity contribution in [3.63, 3.8) is 0 Å². The molecule has 0 aromatic heterocycles. The van der Waals surface area contributed by atoms with Gasteiger partial charge in [0.05, 0.1) is 12.7 Å². The van der Waals surface area contributed by atoms with Crippen molar-refractivity contribution in [2.45, 2.75) is 64.5 Å². The quantitative estimate of drug-likeness (QED) is 0.528. The van der Waals surface area contributed by atoms with Gasteiger partial charge in [-0.1, -0.05) is 31.6 Å². The van der Waals surface area contributed by atoms with Crippen LogP contribution in [0.5, 0.6) is 0 Å². The molecule has 6 nitrogen and oxygen atoms in total. The van der Waals surface area contributed by atoms with Gasteiger partial charge in [0.15, 0.2) is 6.29 Å². The van der Waals surface area contributed by atoms with Gasteiger partial charge in [0.1, 0.15) is 24.4 Å². The molecule has 1 rings (SSSR count). The van der Waals surface area contributed by atoms with E-state index < -0.39 is 48.8 Å². The Morgan fingerprint density at radius 3 is 2.27 bits per heavy atom. The molecule has 128 valence electrons. The van der Waals surface area contributed by atoms with Crippen molar-refractivity contribution in [2.75, 3.05) is 6.61 Å². The highest BCUT2D eigenvalue weighted by Crippen LogP contribution is 2.31. The summed E-state index contributed by atoms with van der Waals surface area (Å²) in [5.74, 6) is 0.